The van der Waals surface area contributed by atoms with Gasteiger partial charge in [0.15, 0.2) is 0 Å². The number of para-hydroxylation sites is 1. The second-order valence-electron chi connectivity index (χ2n) is 5.43. The summed E-state index contributed by atoms with van der Waals surface area (Å²) in [5, 5.41) is 1.22. The molecule has 2 aromatic rings. The Morgan fingerprint density at radius 2 is 2.29 bits per heavy atom. The third-order valence-corrected chi connectivity index (χ3v) is 4.13. The molecule has 3 rings (SSSR count). The molecule has 2 heterocycles. The highest BCUT2D eigenvalue weighted by Gasteiger charge is 2.27. The zero-order valence-electron chi connectivity index (χ0n) is 12.6. The number of rotatable bonds is 4. The van der Waals surface area contributed by atoms with Crippen molar-refractivity contribution in [3.05, 3.63) is 35.0 Å². The van der Waals surface area contributed by atoms with E-state index in [0.29, 0.717) is 26.2 Å². The number of benzene rings is 1. The van der Waals surface area contributed by atoms with Crippen molar-refractivity contribution < 1.29 is 14.3 Å². The number of aromatic amines is 1. The second-order valence-corrected chi connectivity index (χ2v) is 5.43. The Morgan fingerprint density at radius 3 is 3.05 bits per heavy atom. The molecule has 1 N–H and O–H groups in total. The molecule has 0 saturated carbocycles. The minimum atomic E-state index is -0.159. The summed E-state index contributed by atoms with van der Waals surface area (Å²) in [6.07, 6.45) is 1.36. The Hall–Kier alpha value is -1.81. The predicted octanol–water partition coefficient (Wildman–Crippen LogP) is 3.30. The van der Waals surface area contributed by atoms with Crippen molar-refractivity contribution in [2.75, 3.05) is 13.2 Å². The van der Waals surface area contributed by atoms with E-state index in [1.807, 2.05) is 6.92 Å². The van der Waals surface area contributed by atoms with Crippen LogP contribution in [0.25, 0.3) is 10.9 Å². The summed E-state index contributed by atoms with van der Waals surface area (Å²) < 4.78 is 10.8. The van der Waals surface area contributed by atoms with Crippen LogP contribution >= 0.6 is 0 Å². The van der Waals surface area contributed by atoms with Gasteiger partial charge >= 0.3 is 5.97 Å². The molecule has 21 heavy (non-hydrogen) atoms. The molecule has 0 spiro atoms. The number of hydrogen-bond acceptors (Lipinski definition) is 3. The van der Waals surface area contributed by atoms with E-state index >= 15 is 0 Å². The van der Waals surface area contributed by atoms with Crippen LogP contribution in [0.3, 0.4) is 0 Å². The number of esters is 1. The number of nitrogens with one attached hydrogen (secondary N) is 1. The summed E-state index contributed by atoms with van der Waals surface area (Å²) in [6, 6.07) is 6.36. The Bertz CT molecular complexity index is 659. The summed E-state index contributed by atoms with van der Waals surface area (Å²) in [4.78, 5) is 15.3. The van der Waals surface area contributed by atoms with Crippen LogP contribution in [-0.4, -0.2) is 24.2 Å². The lowest BCUT2D eigenvalue weighted by atomic mass is 9.95. The molecule has 1 aliphatic heterocycles. The van der Waals surface area contributed by atoms with Gasteiger partial charge in [-0.1, -0.05) is 25.1 Å². The molecule has 0 bridgehead atoms. The van der Waals surface area contributed by atoms with Gasteiger partial charge in [-0.3, -0.25) is 4.79 Å². The van der Waals surface area contributed by atoms with E-state index < -0.39 is 0 Å². The van der Waals surface area contributed by atoms with Gasteiger partial charge < -0.3 is 14.5 Å². The van der Waals surface area contributed by atoms with Crippen LogP contribution in [0.5, 0.6) is 0 Å². The zero-order chi connectivity index (χ0) is 14.8. The molecule has 1 unspecified atom stereocenters. The molecule has 0 saturated heterocycles. The van der Waals surface area contributed by atoms with Gasteiger partial charge in [0.05, 0.1) is 26.2 Å². The Morgan fingerprint density at radius 1 is 1.43 bits per heavy atom. The lowest BCUT2D eigenvalue weighted by molar-refractivity contribution is -0.144. The fourth-order valence-electron chi connectivity index (χ4n) is 3.12. The lowest BCUT2D eigenvalue weighted by Gasteiger charge is -2.22. The van der Waals surface area contributed by atoms with Crippen molar-refractivity contribution in [3.8, 4) is 0 Å². The first kappa shape index (κ1) is 14.1. The molecule has 1 atom stereocenters. The van der Waals surface area contributed by atoms with Crippen LogP contribution in [0.4, 0.5) is 0 Å². The molecule has 0 aliphatic carbocycles. The van der Waals surface area contributed by atoms with E-state index in [-0.39, 0.29) is 11.9 Å². The minimum absolute atomic E-state index is 0.0601. The van der Waals surface area contributed by atoms with E-state index in [2.05, 4.69) is 30.1 Å². The monoisotopic (exact) mass is 287 g/mol. The normalized spacial score (nSPS) is 17.7. The molecule has 0 amide bonds. The number of H-pyrrole nitrogens is 1. The summed E-state index contributed by atoms with van der Waals surface area (Å²) in [5.41, 5.74) is 4.83. The molecular formula is C17H21NO3. The Labute approximate surface area is 124 Å². The highest BCUT2D eigenvalue weighted by molar-refractivity contribution is 5.88. The first-order valence-electron chi connectivity index (χ1n) is 7.60. The number of fused-ring (bicyclic) bond motifs is 3. The number of aryl methyl sites for hydroxylation is 1. The van der Waals surface area contributed by atoms with Gasteiger partial charge in [-0.25, -0.2) is 0 Å². The van der Waals surface area contributed by atoms with E-state index in [1.54, 1.807) is 0 Å². The van der Waals surface area contributed by atoms with E-state index in [1.165, 1.54) is 22.0 Å². The number of aromatic nitrogens is 1. The highest BCUT2D eigenvalue weighted by atomic mass is 16.5. The topological polar surface area (TPSA) is 51.3 Å². The summed E-state index contributed by atoms with van der Waals surface area (Å²) in [5.74, 6) is -0.0989. The van der Waals surface area contributed by atoms with E-state index in [0.717, 1.165) is 12.1 Å². The lowest BCUT2D eigenvalue weighted by Crippen LogP contribution is -2.20. The SMILES string of the molecule is CCOC(=O)CC1COCc2c1[nH]c1c(CC)cccc21. The first-order valence-corrected chi connectivity index (χ1v) is 7.60. The predicted molar refractivity (Wildman–Crippen MR) is 81.3 cm³/mol. The van der Waals surface area contributed by atoms with Crippen molar-refractivity contribution in [2.45, 2.75) is 39.2 Å². The number of carbonyl (C=O) groups excluding carboxylic acids is 1. The fraction of sp³-hybridized carbons (Fsp3) is 0.471. The first-order chi connectivity index (χ1) is 10.2. The third kappa shape index (κ3) is 2.56. The molecule has 4 heteroatoms. The van der Waals surface area contributed by atoms with Crippen LogP contribution < -0.4 is 0 Å². The van der Waals surface area contributed by atoms with Crippen molar-refractivity contribution >= 4 is 16.9 Å². The zero-order valence-corrected chi connectivity index (χ0v) is 12.6. The van der Waals surface area contributed by atoms with Gasteiger partial charge in [-0.15, -0.1) is 0 Å². The Kier molecular flexibility index (Phi) is 3.97. The maximum absolute atomic E-state index is 11.8. The largest absolute Gasteiger partial charge is 0.466 e. The number of ether oxygens (including phenoxy) is 2. The average molecular weight is 287 g/mol. The van der Waals surface area contributed by atoms with Gasteiger partial charge in [0.1, 0.15) is 0 Å². The van der Waals surface area contributed by atoms with Crippen molar-refractivity contribution in [1.82, 2.24) is 4.98 Å². The number of carbonyl (C=O) groups is 1. The van der Waals surface area contributed by atoms with Crippen LogP contribution in [-0.2, 0) is 27.3 Å². The second kappa shape index (κ2) is 5.90. The Balaban J connectivity index is 1.99. The molecular weight excluding hydrogens is 266 g/mol. The smallest absolute Gasteiger partial charge is 0.306 e. The van der Waals surface area contributed by atoms with Crippen molar-refractivity contribution in [2.24, 2.45) is 0 Å². The molecule has 1 aromatic carbocycles. The maximum atomic E-state index is 11.8. The number of hydrogen-bond donors (Lipinski definition) is 1. The third-order valence-electron chi connectivity index (χ3n) is 4.13. The minimum Gasteiger partial charge on any atom is -0.466 e. The van der Waals surface area contributed by atoms with E-state index in [4.69, 9.17) is 9.47 Å². The van der Waals surface area contributed by atoms with Gasteiger partial charge in [-0.2, -0.15) is 0 Å². The van der Waals surface area contributed by atoms with Gasteiger partial charge in [0.25, 0.3) is 0 Å². The van der Waals surface area contributed by atoms with Gasteiger partial charge in [0, 0.05) is 28.1 Å². The molecule has 1 aromatic heterocycles. The van der Waals surface area contributed by atoms with Gasteiger partial charge in [-0.05, 0) is 18.9 Å². The van der Waals surface area contributed by atoms with Gasteiger partial charge in [0.2, 0.25) is 0 Å². The van der Waals surface area contributed by atoms with Crippen LogP contribution in [0.1, 0.15) is 43.0 Å². The summed E-state index contributed by atoms with van der Waals surface area (Å²) >= 11 is 0. The standard InChI is InChI=1S/C17H21NO3/c1-3-11-6-5-7-13-14-10-20-9-12(8-15(19)21-4-2)17(14)18-16(11)13/h5-7,12,18H,3-4,8-10H2,1-2H3. The fourth-order valence-corrected chi connectivity index (χ4v) is 3.12. The van der Waals surface area contributed by atoms with Crippen molar-refractivity contribution in [3.63, 3.8) is 0 Å². The maximum Gasteiger partial charge on any atom is 0.306 e. The average Bonchev–Trinajstić information content (AvgIpc) is 2.87. The van der Waals surface area contributed by atoms with Crippen LogP contribution in [0.2, 0.25) is 0 Å². The molecule has 112 valence electrons. The molecule has 1 aliphatic rings. The quantitative estimate of drug-likeness (QED) is 0.878. The van der Waals surface area contributed by atoms with Crippen molar-refractivity contribution in [1.29, 1.82) is 0 Å². The van der Waals surface area contributed by atoms with E-state index in [9.17, 15) is 4.79 Å². The van der Waals surface area contributed by atoms with Crippen LogP contribution in [0, 0.1) is 0 Å². The summed E-state index contributed by atoms with van der Waals surface area (Å²) in [7, 11) is 0. The highest BCUT2D eigenvalue weighted by Crippen LogP contribution is 2.35. The van der Waals surface area contributed by atoms with Crippen LogP contribution in [0.15, 0.2) is 18.2 Å². The molecule has 0 fully saturated rings. The molecule has 0 radical (unpaired) electrons. The summed E-state index contributed by atoms with van der Waals surface area (Å²) in [6.45, 7) is 5.59. The molecule has 4 nitrogen and oxygen atoms in total.